The van der Waals surface area contributed by atoms with Gasteiger partial charge in [0.15, 0.2) is 0 Å². The van der Waals surface area contributed by atoms with E-state index in [0.717, 1.165) is 18.8 Å². The van der Waals surface area contributed by atoms with E-state index in [1.165, 1.54) is 33.3 Å². The minimum Gasteiger partial charge on any atom is -0.497 e. The highest BCUT2D eigenvalue weighted by Gasteiger charge is 2.21. The maximum atomic E-state index is 5.37. The molecule has 4 rings (SSSR count). The van der Waals surface area contributed by atoms with Gasteiger partial charge in [0.1, 0.15) is 5.75 Å². The summed E-state index contributed by atoms with van der Waals surface area (Å²) < 4.78 is 5.37. The Labute approximate surface area is 124 Å². The van der Waals surface area contributed by atoms with Crippen molar-refractivity contribution in [2.75, 3.05) is 14.2 Å². The lowest BCUT2D eigenvalue weighted by Gasteiger charge is -2.14. The van der Waals surface area contributed by atoms with Crippen molar-refractivity contribution in [3.8, 4) is 17.0 Å². The number of nitrogens with one attached hydrogen (secondary N) is 1. The van der Waals surface area contributed by atoms with Gasteiger partial charge >= 0.3 is 0 Å². The van der Waals surface area contributed by atoms with Gasteiger partial charge in [-0.15, -0.1) is 0 Å². The van der Waals surface area contributed by atoms with Crippen molar-refractivity contribution in [3.63, 3.8) is 0 Å². The van der Waals surface area contributed by atoms with Crippen LogP contribution in [0.3, 0.4) is 0 Å². The van der Waals surface area contributed by atoms with Crippen LogP contribution in [0.15, 0.2) is 42.5 Å². The monoisotopic (exact) mass is 278 g/mol. The second-order valence-electron chi connectivity index (χ2n) is 5.72. The first-order valence-electron chi connectivity index (χ1n) is 7.21. The van der Waals surface area contributed by atoms with Crippen molar-refractivity contribution < 1.29 is 4.74 Å². The lowest BCUT2D eigenvalue weighted by molar-refractivity contribution is 0.323. The molecule has 0 bridgehead atoms. The maximum Gasteiger partial charge on any atom is 0.119 e. The predicted octanol–water partition coefficient (Wildman–Crippen LogP) is 3.79. The van der Waals surface area contributed by atoms with E-state index in [1.54, 1.807) is 7.11 Å². The average Bonchev–Trinajstić information content (AvgIpc) is 2.79. The van der Waals surface area contributed by atoms with Crippen molar-refractivity contribution in [2.24, 2.45) is 0 Å². The van der Waals surface area contributed by atoms with E-state index in [1.807, 2.05) is 6.07 Å². The Bertz CT molecular complexity index is 819. The number of aromatic amines is 1. The molecule has 3 nitrogen and oxygen atoms in total. The highest BCUT2D eigenvalue weighted by molar-refractivity contribution is 5.91. The first kappa shape index (κ1) is 12.5. The zero-order valence-corrected chi connectivity index (χ0v) is 12.3. The normalized spacial score (nSPS) is 14.6. The third-order valence-electron chi connectivity index (χ3n) is 4.26. The Hall–Kier alpha value is -2.26. The fourth-order valence-electron chi connectivity index (χ4n) is 3.28. The fraction of sp³-hybridized carbons (Fsp3) is 0.222. The number of H-pyrrole nitrogens is 1. The number of fused-ring (bicyclic) bond motifs is 5. The summed E-state index contributed by atoms with van der Waals surface area (Å²) in [6.07, 6.45) is 0. The Morgan fingerprint density at radius 3 is 2.81 bits per heavy atom. The number of rotatable bonds is 1. The summed E-state index contributed by atoms with van der Waals surface area (Å²) in [6.45, 7) is 1.89. The molecule has 1 N–H and O–H groups in total. The molecule has 3 aromatic rings. The minimum absolute atomic E-state index is 0.918. The summed E-state index contributed by atoms with van der Waals surface area (Å²) in [7, 11) is 3.89. The summed E-state index contributed by atoms with van der Waals surface area (Å²) in [5.41, 5.74) is 6.43. The maximum absolute atomic E-state index is 5.37. The van der Waals surface area contributed by atoms with Crippen molar-refractivity contribution in [2.45, 2.75) is 13.1 Å². The number of para-hydroxylation sites is 1. The predicted molar refractivity (Wildman–Crippen MR) is 85.5 cm³/mol. The summed E-state index contributed by atoms with van der Waals surface area (Å²) >= 11 is 0. The molecule has 106 valence electrons. The molecule has 0 amide bonds. The lowest BCUT2D eigenvalue weighted by Crippen LogP contribution is -2.15. The van der Waals surface area contributed by atoms with Crippen LogP contribution >= 0.6 is 0 Å². The lowest BCUT2D eigenvalue weighted by atomic mass is 10.0. The highest BCUT2D eigenvalue weighted by atomic mass is 16.5. The van der Waals surface area contributed by atoms with Crippen LogP contribution in [0.2, 0.25) is 0 Å². The van der Waals surface area contributed by atoms with Crippen LogP contribution in [0.4, 0.5) is 0 Å². The molecule has 0 atom stereocenters. The highest BCUT2D eigenvalue weighted by Crippen LogP contribution is 2.37. The minimum atomic E-state index is 0.918. The van der Waals surface area contributed by atoms with Crippen molar-refractivity contribution >= 4 is 10.9 Å². The van der Waals surface area contributed by atoms with E-state index in [-0.39, 0.29) is 0 Å². The number of hydrogen-bond acceptors (Lipinski definition) is 2. The second-order valence-corrected chi connectivity index (χ2v) is 5.72. The van der Waals surface area contributed by atoms with E-state index in [9.17, 15) is 0 Å². The number of benzene rings is 2. The van der Waals surface area contributed by atoms with Crippen LogP contribution in [-0.4, -0.2) is 24.0 Å². The molecule has 2 heterocycles. The van der Waals surface area contributed by atoms with Crippen LogP contribution in [0, 0.1) is 0 Å². The summed E-state index contributed by atoms with van der Waals surface area (Å²) in [5.74, 6) is 0.918. The van der Waals surface area contributed by atoms with Crippen LogP contribution in [0.5, 0.6) is 5.75 Å². The van der Waals surface area contributed by atoms with Crippen LogP contribution < -0.4 is 4.74 Å². The van der Waals surface area contributed by atoms with E-state index in [0.29, 0.717) is 0 Å². The quantitative estimate of drug-likeness (QED) is 0.733. The first-order chi connectivity index (χ1) is 10.3. The van der Waals surface area contributed by atoms with Gasteiger partial charge in [0.05, 0.1) is 12.8 Å². The zero-order valence-electron chi connectivity index (χ0n) is 12.3. The van der Waals surface area contributed by atoms with Gasteiger partial charge in [0.2, 0.25) is 0 Å². The van der Waals surface area contributed by atoms with Crippen molar-refractivity contribution in [1.82, 2.24) is 9.88 Å². The van der Waals surface area contributed by atoms with Crippen molar-refractivity contribution in [3.05, 3.63) is 53.6 Å². The molecule has 21 heavy (non-hydrogen) atoms. The van der Waals surface area contributed by atoms with Crippen LogP contribution in [0.1, 0.15) is 11.1 Å². The van der Waals surface area contributed by atoms with Gasteiger partial charge < -0.3 is 9.72 Å². The molecule has 3 heteroatoms. The SMILES string of the molecule is COc1ccc2c(c1)CN(C)Cc1c-2[nH]c2ccccc12. The summed E-state index contributed by atoms with van der Waals surface area (Å²) in [6, 6.07) is 14.9. The molecule has 0 aliphatic carbocycles. The first-order valence-corrected chi connectivity index (χ1v) is 7.21. The number of aromatic nitrogens is 1. The van der Waals surface area contributed by atoms with Crippen LogP contribution in [0.25, 0.3) is 22.2 Å². The van der Waals surface area contributed by atoms with Gasteiger partial charge in [0.25, 0.3) is 0 Å². The molecular formula is C18H18N2O. The van der Waals surface area contributed by atoms with Gasteiger partial charge in [-0.2, -0.15) is 0 Å². The van der Waals surface area contributed by atoms with Gasteiger partial charge in [-0.1, -0.05) is 18.2 Å². The largest absolute Gasteiger partial charge is 0.497 e. The van der Waals surface area contributed by atoms with Gasteiger partial charge in [-0.05, 0) is 42.4 Å². The Morgan fingerprint density at radius 1 is 1.10 bits per heavy atom. The standard InChI is InChI=1S/C18H18N2O/c1-20-10-12-9-13(21-2)7-8-14(12)18-16(11-20)15-5-3-4-6-17(15)19-18/h3-9,19H,10-11H2,1-2H3. The van der Waals surface area contributed by atoms with E-state index >= 15 is 0 Å². The van der Waals surface area contributed by atoms with E-state index in [2.05, 4.69) is 53.3 Å². The molecular weight excluding hydrogens is 260 g/mol. The molecule has 0 saturated carbocycles. The van der Waals surface area contributed by atoms with Gasteiger partial charge in [-0.3, -0.25) is 4.90 Å². The third-order valence-corrected chi connectivity index (χ3v) is 4.26. The van der Waals surface area contributed by atoms with E-state index in [4.69, 9.17) is 4.74 Å². The average molecular weight is 278 g/mol. The molecule has 2 aromatic carbocycles. The summed E-state index contributed by atoms with van der Waals surface area (Å²) in [5, 5.41) is 1.32. The number of methoxy groups -OCH3 is 1. The molecule has 0 saturated heterocycles. The summed E-state index contributed by atoms with van der Waals surface area (Å²) in [4.78, 5) is 5.95. The number of ether oxygens (including phenoxy) is 1. The van der Waals surface area contributed by atoms with Gasteiger partial charge in [0, 0.05) is 29.6 Å². The molecule has 0 fully saturated rings. The zero-order chi connectivity index (χ0) is 14.4. The third kappa shape index (κ3) is 1.93. The van der Waals surface area contributed by atoms with E-state index < -0.39 is 0 Å². The Balaban J connectivity index is 2.01. The molecule has 1 aromatic heterocycles. The molecule has 1 aliphatic heterocycles. The van der Waals surface area contributed by atoms with Gasteiger partial charge in [-0.25, -0.2) is 0 Å². The topological polar surface area (TPSA) is 28.3 Å². The smallest absolute Gasteiger partial charge is 0.119 e. The Morgan fingerprint density at radius 2 is 1.95 bits per heavy atom. The number of hydrogen-bond donors (Lipinski definition) is 1. The second kappa shape index (κ2) is 4.64. The Kier molecular flexibility index (Phi) is 2.76. The molecule has 0 radical (unpaired) electrons. The molecule has 0 spiro atoms. The van der Waals surface area contributed by atoms with Crippen LogP contribution in [-0.2, 0) is 13.1 Å². The van der Waals surface area contributed by atoms with Crippen molar-refractivity contribution in [1.29, 1.82) is 0 Å². The molecule has 1 aliphatic rings. The number of nitrogens with zero attached hydrogens (tertiary/aromatic N) is 1. The fourth-order valence-corrected chi connectivity index (χ4v) is 3.28. The molecule has 0 unspecified atom stereocenters.